The summed E-state index contributed by atoms with van der Waals surface area (Å²) in [5.41, 5.74) is 0.253. The summed E-state index contributed by atoms with van der Waals surface area (Å²) in [5, 5.41) is 11.8. The van der Waals surface area contributed by atoms with Crippen molar-refractivity contribution in [3.63, 3.8) is 0 Å². The van der Waals surface area contributed by atoms with E-state index in [-0.39, 0.29) is 13.0 Å². The minimum Gasteiger partial charge on any atom is -0.480 e. The van der Waals surface area contributed by atoms with Crippen LogP contribution in [0.2, 0.25) is 0 Å². The number of carboxylic acids is 1. The third kappa shape index (κ3) is 4.42. The average molecular weight is 458 g/mol. The number of carbonyl (C=O) groups excluding carboxylic acids is 3. The summed E-state index contributed by atoms with van der Waals surface area (Å²) in [7, 11) is 0. The summed E-state index contributed by atoms with van der Waals surface area (Å²) >= 11 is 1.45. The third-order valence-corrected chi connectivity index (χ3v) is 6.93. The van der Waals surface area contributed by atoms with E-state index < -0.39 is 41.6 Å². The molecule has 1 unspecified atom stereocenters. The molecule has 2 fully saturated rings. The maximum Gasteiger partial charge on any atom is 0.322 e. The number of amides is 2. The Morgan fingerprint density at radius 3 is 2.62 bits per heavy atom. The first-order chi connectivity index (χ1) is 15.4. The van der Waals surface area contributed by atoms with Crippen molar-refractivity contribution in [2.45, 2.75) is 31.3 Å². The lowest BCUT2D eigenvalue weighted by Crippen LogP contribution is -2.64. The number of benzene rings is 1. The number of thiazole rings is 1. The standard InChI is InChI=1S/C22H23N3O6S/c26-16-10-22(6-8-31-9-7-22)25(21(30)18(16)19(29)23-12-17(27)28)13-15-11-24-20(32-15)14-4-2-1-3-5-14/h1-5,11,18H,6-10,12-13H2,(H,23,29)(H,27,28). The maximum absolute atomic E-state index is 13.4. The van der Waals surface area contributed by atoms with Gasteiger partial charge in [-0.3, -0.25) is 19.2 Å². The molecule has 3 heterocycles. The van der Waals surface area contributed by atoms with E-state index in [1.54, 1.807) is 11.1 Å². The fraction of sp³-hybridized carbons (Fsp3) is 0.409. The van der Waals surface area contributed by atoms with E-state index in [4.69, 9.17) is 9.84 Å². The molecule has 9 nitrogen and oxygen atoms in total. The van der Waals surface area contributed by atoms with Crippen molar-refractivity contribution >= 4 is 34.9 Å². The number of likely N-dealkylation sites (tertiary alicyclic amines) is 1. The SMILES string of the molecule is O=C(O)CNC(=O)C1C(=O)CC2(CCOCC2)N(Cc2cnc(-c3ccccc3)s2)C1=O. The molecule has 2 saturated heterocycles. The highest BCUT2D eigenvalue weighted by atomic mass is 32.1. The quantitative estimate of drug-likeness (QED) is 0.629. The molecule has 0 radical (unpaired) electrons. The van der Waals surface area contributed by atoms with Crippen molar-refractivity contribution in [1.29, 1.82) is 0 Å². The number of aliphatic carboxylic acids is 1. The second-order valence-electron chi connectivity index (χ2n) is 7.95. The number of carboxylic acid groups (broad SMARTS) is 1. The first kappa shape index (κ1) is 22.1. The molecular formula is C22H23N3O6S. The third-order valence-electron chi connectivity index (χ3n) is 5.90. The molecule has 2 aliphatic rings. The normalized spacial score (nSPS) is 20.4. The zero-order valence-electron chi connectivity index (χ0n) is 17.3. The van der Waals surface area contributed by atoms with E-state index in [1.807, 2.05) is 30.3 Å². The van der Waals surface area contributed by atoms with E-state index in [0.717, 1.165) is 15.4 Å². The first-order valence-electron chi connectivity index (χ1n) is 10.3. The fourth-order valence-electron chi connectivity index (χ4n) is 4.27. The molecule has 2 amide bonds. The van der Waals surface area contributed by atoms with Gasteiger partial charge in [-0.05, 0) is 12.8 Å². The number of ketones is 1. The number of aromatic nitrogens is 1. The number of nitrogens with one attached hydrogen (secondary N) is 1. The van der Waals surface area contributed by atoms with Gasteiger partial charge in [0.1, 0.15) is 11.6 Å². The molecule has 1 spiro atoms. The van der Waals surface area contributed by atoms with Crippen LogP contribution in [0.25, 0.3) is 10.6 Å². The van der Waals surface area contributed by atoms with Crippen LogP contribution in [0.15, 0.2) is 36.5 Å². The Balaban J connectivity index is 1.61. The molecule has 1 aromatic carbocycles. The predicted octanol–water partition coefficient (Wildman–Crippen LogP) is 1.48. The van der Waals surface area contributed by atoms with Gasteiger partial charge >= 0.3 is 5.97 Å². The Bertz CT molecular complexity index is 1030. The number of piperidine rings is 1. The van der Waals surface area contributed by atoms with Crippen molar-refractivity contribution < 1.29 is 29.0 Å². The van der Waals surface area contributed by atoms with Crippen molar-refractivity contribution in [3.8, 4) is 10.6 Å². The van der Waals surface area contributed by atoms with Crippen LogP contribution in [0, 0.1) is 5.92 Å². The smallest absolute Gasteiger partial charge is 0.322 e. The number of Topliss-reactive ketones (excluding diaryl/α,β-unsaturated/α-hetero) is 1. The van der Waals surface area contributed by atoms with E-state index >= 15 is 0 Å². The molecule has 2 aromatic rings. The fourth-order valence-corrected chi connectivity index (χ4v) is 5.17. The maximum atomic E-state index is 13.4. The number of rotatable bonds is 6. The van der Waals surface area contributed by atoms with Gasteiger partial charge in [0.15, 0.2) is 11.7 Å². The van der Waals surface area contributed by atoms with E-state index in [2.05, 4.69) is 10.3 Å². The Morgan fingerprint density at radius 1 is 1.22 bits per heavy atom. The van der Waals surface area contributed by atoms with Crippen LogP contribution in [0.4, 0.5) is 0 Å². The lowest BCUT2D eigenvalue weighted by molar-refractivity contribution is -0.164. The second kappa shape index (κ2) is 9.17. The predicted molar refractivity (Wildman–Crippen MR) is 115 cm³/mol. The van der Waals surface area contributed by atoms with Gasteiger partial charge in [0.05, 0.1) is 12.1 Å². The number of ether oxygens (including phenoxy) is 1. The van der Waals surface area contributed by atoms with Crippen LogP contribution in [0.5, 0.6) is 0 Å². The van der Waals surface area contributed by atoms with Gasteiger partial charge < -0.3 is 20.1 Å². The van der Waals surface area contributed by atoms with Gasteiger partial charge in [-0.2, -0.15) is 0 Å². The molecule has 1 atom stereocenters. The van der Waals surface area contributed by atoms with Gasteiger partial charge in [0, 0.05) is 36.3 Å². The Morgan fingerprint density at radius 2 is 1.94 bits per heavy atom. The van der Waals surface area contributed by atoms with E-state index in [0.29, 0.717) is 26.1 Å². The highest BCUT2D eigenvalue weighted by Gasteiger charge is 2.53. The summed E-state index contributed by atoms with van der Waals surface area (Å²) in [6, 6.07) is 9.68. The van der Waals surface area contributed by atoms with Crippen LogP contribution in [-0.2, 0) is 30.5 Å². The van der Waals surface area contributed by atoms with Crippen molar-refractivity contribution in [1.82, 2.24) is 15.2 Å². The average Bonchev–Trinajstić information content (AvgIpc) is 3.25. The van der Waals surface area contributed by atoms with E-state index in [9.17, 15) is 19.2 Å². The van der Waals surface area contributed by atoms with Crippen LogP contribution >= 0.6 is 11.3 Å². The van der Waals surface area contributed by atoms with Crippen LogP contribution < -0.4 is 5.32 Å². The van der Waals surface area contributed by atoms with Crippen LogP contribution in [0.3, 0.4) is 0 Å². The topological polar surface area (TPSA) is 126 Å². The zero-order valence-corrected chi connectivity index (χ0v) is 18.1. The first-order valence-corrected chi connectivity index (χ1v) is 11.1. The van der Waals surface area contributed by atoms with Crippen LogP contribution in [0.1, 0.15) is 24.1 Å². The number of nitrogens with zero attached hydrogens (tertiary/aromatic N) is 2. The summed E-state index contributed by atoms with van der Waals surface area (Å²) in [6.07, 6.45) is 2.75. The molecule has 168 valence electrons. The number of hydrogen-bond donors (Lipinski definition) is 2. The summed E-state index contributed by atoms with van der Waals surface area (Å²) in [5.74, 6) is -4.73. The monoisotopic (exact) mass is 457 g/mol. The minimum absolute atomic E-state index is 0.0393. The van der Waals surface area contributed by atoms with E-state index in [1.165, 1.54) is 11.3 Å². The number of carbonyl (C=O) groups is 4. The molecule has 1 aromatic heterocycles. The lowest BCUT2D eigenvalue weighted by atomic mass is 9.75. The van der Waals surface area contributed by atoms with Gasteiger partial charge in [-0.1, -0.05) is 30.3 Å². The molecule has 0 aliphatic carbocycles. The minimum atomic E-state index is -1.54. The highest BCUT2D eigenvalue weighted by Crippen LogP contribution is 2.40. The Labute approximate surface area is 188 Å². The Kier molecular flexibility index (Phi) is 6.33. The van der Waals surface area contributed by atoms with Crippen LogP contribution in [-0.4, -0.2) is 63.9 Å². The molecule has 10 heteroatoms. The number of hydrogen-bond acceptors (Lipinski definition) is 7. The molecule has 32 heavy (non-hydrogen) atoms. The second-order valence-corrected chi connectivity index (χ2v) is 9.06. The lowest BCUT2D eigenvalue weighted by Gasteiger charge is -2.50. The molecular weight excluding hydrogens is 434 g/mol. The molecule has 0 bridgehead atoms. The molecule has 0 saturated carbocycles. The van der Waals surface area contributed by atoms with Gasteiger partial charge in [0.25, 0.3) is 0 Å². The van der Waals surface area contributed by atoms with Crippen molar-refractivity contribution in [2.75, 3.05) is 19.8 Å². The molecule has 2 aliphatic heterocycles. The van der Waals surface area contributed by atoms with Gasteiger partial charge in [-0.25, -0.2) is 4.98 Å². The van der Waals surface area contributed by atoms with Gasteiger partial charge in [0.2, 0.25) is 11.8 Å². The largest absolute Gasteiger partial charge is 0.480 e. The van der Waals surface area contributed by atoms with Gasteiger partial charge in [-0.15, -0.1) is 11.3 Å². The molecule has 2 N–H and O–H groups in total. The van der Waals surface area contributed by atoms with Crippen molar-refractivity contribution in [3.05, 3.63) is 41.4 Å². The molecule has 4 rings (SSSR count). The highest BCUT2D eigenvalue weighted by molar-refractivity contribution is 7.15. The summed E-state index contributed by atoms with van der Waals surface area (Å²) in [6.45, 7) is 0.416. The summed E-state index contributed by atoms with van der Waals surface area (Å²) < 4.78 is 5.46. The Hall–Kier alpha value is -3.11. The van der Waals surface area contributed by atoms with Crippen molar-refractivity contribution in [2.24, 2.45) is 5.92 Å². The zero-order chi connectivity index (χ0) is 22.7. The summed E-state index contributed by atoms with van der Waals surface area (Å²) in [4.78, 5) is 56.5.